The molecule has 134 valence electrons. The number of hydrogen-bond donors (Lipinski definition) is 0. The van der Waals surface area contributed by atoms with Crippen molar-refractivity contribution >= 4 is 0 Å². The number of likely N-dealkylation sites (tertiary alicyclic amines) is 1. The highest BCUT2D eigenvalue weighted by Gasteiger charge is 2.33. The summed E-state index contributed by atoms with van der Waals surface area (Å²) in [5, 5.41) is 0. The Balaban J connectivity index is 1.52. The van der Waals surface area contributed by atoms with Crippen LogP contribution in [-0.4, -0.2) is 34.1 Å². The molecule has 0 bridgehead atoms. The summed E-state index contributed by atoms with van der Waals surface area (Å²) in [4.78, 5) is 9.38. The maximum absolute atomic E-state index is 12.9. The summed E-state index contributed by atoms with van der Waals surface area (Å²) in [6.07, 6.45) is -2.34. The van der Waals surface area contributed by atoms with Crippen molar-refractivity contribution in [2.24, 2.45) is 0 Å². The van der Waals surface area contributed by atoms with Gasteiger partial charge < -0.3 is 4.74 Å². The Morgan fingerprint density at radius 3 is 2.40 bits per heavy atom. The molecule has 0 radical (unpaired) electrons. The summed E-state index contributed by atoms with van der Waals surface area (Å²) in [5.41, 5.74) is 0.00762. The second-order valence-corrected chi connectivity index (χ2v) is 5.94. The Kier molecular flexibility index (Phi) is 5.17. The summed E-state index contributed by atoms with van der Waals surface area (Å²) in [6, 6.07) is 6.92. The number of alkyl halides is 3. The zero-order chi connectivity index (χ0) is 17.9. The minimum atomic E-state index is -4.51. The molecule has 1 aromatic heterocycles. The number of aromatic nitrogens is 2. The van der Waals surface area contributed by atoms with Crippen LogP contribution in [0, 0.1) is 5.82 Å². The SMILES string of the molecule is Fc1ccc(CN2CCC(Oc3nccc(C(F)(F)F)n3)CC2)cc1. The van der Waals surface area contributed by atoms with Gasteiger partial charge in [0, 0.05) is 25.8 Å². The van der Waals surface area contributed by atoms with E-state index in [1.165, 1.54) is 12.1 Å². The van der Waals surface area contributed by atoms with Crippen molar-refractivity contribution in [1.29, 1.82) is 0 Å². The average Bonchev–Trinajstić information content (AvgIpc) is 2.58. The first kappa shape index (κ1) is 17.6. The van der Waals surface area contributed by atoms with Crippen LogP contribution >= 0.6 is 0 Å². The summed E-state index contributed by atoms with van der Waals surface area (Å²) in [5.74, 6) is -0.267. The van der Waals surface area contributed by atoms with Crippen molar-refractivity contribution in [2.75, 3.05) is 13.1 Å². The van der Waals surface area contributed by atoms with Crippen molar-refractivity contribution in [2.45, 2.75) is 31.7 Å². The van der Waals surface area contributed by atoms with Crippen LogP contribution < -0.4 is 4.74 Å². The topological polar surface area (TPSA) is 38.2 Å². The Labute approximate surface area is 142 Å². The van der Waals surface area contributed by atoms with Crippen LogP contribution in [0.4, 0.5) is 17.6 Å². The van der Waals surface area contributed by atoms with Crippen LogP contribution in [0.2, 0.25) is 0 Å². The van der Waals surface area contributed by atoms with Crippen LogP contribution in [0.25, 0.3) is 0 Å². The summed E-state index contributed by atoms with van der Waals surface area (Å²) in [7, 11) is 0. The Hall–Kier alpha value is -2.22. The second kappa shape index (κ2) is 7.35. The lowest BCUT2D eigenvalue weighted by Gasteiger charge is -2.31. The minimum absolute atomic E-state index is 0.215. The predicted octanol–water partition coefficient (Wildman–Crippen LogP) is 3.68. The van der Waals surface area contributed by atoms with Gasteiger partial charge in [-0.25, -0.2) is 9.37 Å². The van der Waals surface area contributed by atoms with Gasteiger partial charge in [-0.05, 0) is 36.6 Å². The first-order valence-corrected chi connectivity index (χ1v) is 7.94. The number of rotatable bonds is 4. The number of nitrogens with zero attached hydrogens (tertiary/aromatic N) is 3. The minimum Gasteiger partial charge on any atom is -0.460 e. The molecule has 1 aliphatic heterocycles. The van der Waals surface area contributed by atoms with E-state index in [0.29, 0.717) is 19.4 Å². The third-order valence-corrected chi connectivity index (χ3v) is 4.05. The molecule has 1 aliphatic rings. The third kappa shape index (κ3) is 4.88. The van der Waals surface area contributed by atoms with Crippen LogP contribution in [0.5, 0.6) is 6.01 Å². The number of ether oxygens (including phenoxy) is 1. The van der Waals surface area contributed by atoms with E-state index in [1.54, 1.807) is 12.1 Å². The van der Waals surface area contributed by atoms with Crippen LogP contribution in [0.15, 0.2) is 36.5 Å². The largest absolute Gasteiger partial charge is 0.460 e. The molecule has 0 spiro atoms. The fourth-order valence-corrected chi connectivity index (χ4v) is 2.74. The molecule has 2 aromatic rings. The highest BCUT2D eigenvalue weighted by molar-refractivity contribution is 5.16. The Morgan fingerprint density at radius 1 is 1.08 bits per heavy atom. The monoisotopic (exact) mass is 355 g/mol. The van der Waals surface area contributed by atoms with E-state index < -0.39 is 11.9 Å². The molecule has 8 heteroatoms. The highest BCUT2D eigenvalue weighted by Crippen LogP contribution is 2.28. The molecule has 0 aliphatic carbocycles. The van der Waals surface area contributed by atoms with E-state index in [1.807, 2.05) is 0 Å². The number of piperidine rings is 1. The van der Waals surface area contributed by atoms with E-state index in [9.17, 15) is 17.6 Å². The molecular formula is C17H17F4N3O. The molecule has 3 rings (SSSR count). The molecule has 2 heterocycles. The molecule has 0 unspecified atom stereocenters. The molecule has 25 heavy (non-hydrogen) atoms. The number of halogens is 4. The summed E-state index contributed by atoms with van der Waals surface area (Å²) >= 11 is 0. The van der Waals surface area contributed by atoms with Gasteiger partial charge in [0.05, 0.1) is 0 Å². The van der Waals surface area contributed by atoms with Crippen molar-refractivity contribution in [3.8, 4) is 6.01 Å². The number of hydrogen-bond acceptors (Lipinski definition) is 4. The zero-order valence-electron chi connectivity index (χ0n) is 13.3. The fraction of sp³-hybridized carbons (Fsp3) is 0.412. The molecular weight excluding hydrogens is 338 g/mol. The molecule has 0 atom stereocenters. The van der Waals surface area contributed by atoms with Gasteiger partial charge in [-0.1, -0.05) is 12.1 Å². The van der Waals surface area contributed by atoms with Gasteiger partial charge in [0.2, 0.25) is 0 Å². The quantitative estimate of drug-likeness (QED) is 0.785. The lowest BCUT2D eigenvalue weighted by Crippen LogP contribution is -2.38. The molecule has 0 N–H and O–H groups in total. The zero-order valence-corrected chi connectivity index (χ0v) is 13.3. The van der Waals surface area contributed by atoms with Crippen molar-refractivity contribution in [3.05, 3.63) is 53.6 Å². The fourth-order valence-electron chi connectivity index (χ4n) is 2.74. The van der Waals surface area contributed by atoms with Gasteiger partial charge in [0.15, 0.2) is 5.69 Å². The standard InChI is InChI=1S/C17H17F4N3O/c18-13-3-1-12(2-4-13)11-24-9-6-14(7-10-24)25-16-22-8-5-15(23-16)17(19,20)21/h1-5,8,14H,6-7,9-11H2. The van der Waals surface area contributed by atoms with Gasteiger partial charge in [-0.2, -0.15) is 18.2 Å². The van der Waals surface area contributed by atoms with Gasteiger partial charge in [0.25, 0.3) is 0 Å². The van der Waals surface area contributed by atoms with Gasteiger partial charge in [-0.15, -0.1) is 0 Å². The van der Waals surface area contributed by atoms with E-state index in [-0.39, 0.29) is 17.9 Å². The van der Waals surface area contributed by atoms with Gasteiger partial charge >= 0.3 is 12.2 Å². The predicted molar refractivity (Wildman–Crippen MR) is 82.4 cm³/mol. The van der Waals surface area contributed by atoms with Crippen molar-refractivity contribution in [1.82, 2.24) is 14.9 Å². The Bertz CT molecular complexity index is 698. The maximum atomic E-state index is 12.9. The van der Waals surface area contributed by atoms with E-state index >= 15 is 0 Å². The first-order chi connectivity index (χ1) is 11.9. The summed E-state index contributed by atoms with van der Waals surface area (Å²) < 4.78 is 56.4. The van der Waals surface area contributed by atoms with Gasteiger partial charge in [0.1, 0.15) is 11.9 Å². The average molecular weight is 355 g/mol. The van der Waals surface area contributed by atoms with Crippen LogP contribution in [-0.2, 0) is 12.7 Å². The maximum Gasteiger partial charge on any atom is 0.433 e. The van der Waals surface area contributed by atoms with Crippen LogP contribution in [0.3, 0.4) is 0 Å². The number of benzene rings is 1. The molecule has 4 nitrogen and oxygen atoms in total. The highest BCUT2D eigenvalue weighted by atomic mass is 19.4. The normalized spacial score (nSPS) is 16.8. The van der Waals surface area contributed by atoms with E-state index in [4.69, 9.17) is 4.74 Å². The lowest BCUT2D eigenvalue weighted by molar-refractivity contribution is -0.141. The molecule has 1 saturated heterocycles. The van der Waals surface area contributed by atoms with E-state index in [0.717, 1.165) is 30.9 Å². The molecule has 0 saturated carbocycles. The van der Waals surface area contributed by atoms with Crippen molar-refractivity contribution in [3.63, 3.8) is 0 Å². The molecule has 1 aromatic carbocycles. The smallest absolute Gasteiger partial charge is 0.433 e. The summed E-state index contributed by atoms with van der Waals surface area (Å²) in [6.45, 7) is 2.18. The third-order valence-electron chi connectivity index (χ3n) is 4.05. The van der Waals surface area contributed by atoms with Crippen LogP contribution in [0.1, 0.15) is 24.1 Å². The lowest BCUT2D eigenvalue weighted by atomic mass is 10.1. The van der Waals surface area contributed by atoms with Gasteiger partial charge in [-0.3, -0.25) is 4.90 Å². The first-order valence-electron chi connectivity index (χ1n) is 7.94. The molecule has 0 amide bonds. The van der Waals surface area contributed by atoms with Crippen molar-refractivity contribution < 1.29 is 22.3 Å². The Morgan fingerprint density at radius 2 is 1.76 bits per heavy atom. The second-order valence-electron chi connectivity index (χ2n) is 5.94. The van der Waals surface area contributed by atoms with E-state index in [2.05, 4.69) is 14.9 Å². The molecule has 1 fully saturated rings.